The number of rotatable bonds is 5. The van der Waals surface area contributed by atoms with E-state index in [2.05, 4.69) is 25.6 Å². The van der Waals surface area contributed by atoms with Crippen molar-refractivity contribution in [3.05, 3.63) is 46.5 Å². The van der Waals surface area contributed by atoms with Gasteiger partial charge < -0.3 is 10.6 Å². The maximum atomic E-state index is 13.1. The number of aromatic nitrogens is 3. The van der Waals surface area contributed by atoms with E-state index in [0.717, 1.165) is 18.9 Å². The highest BCUT2D eigenvalue weighted by molar-refractivity contribution is 6.28. The van der Waals surface area contributed by atoms with Crippen molar-refractivity contribution in [3.63, 3.8) is 0 Å². The van der Waals surface area contributed by atoms with Crippen LogP contribution in [0.15, 0.2) is 24.3 Å². The van der Waals surface area contributed by atoms with E-state index in [0.29, 0.717) is 24.6 Å². The predicted octanol–water partition coefficient (Wildman–Crippen LogP) is 4.14. The fourth-order valence-electron chi connectivity index (χ4n) is 3.47. The Morgan fingerprint density at radius 2 is 1.83 bits per heavy atom. The number of carbonyl (C=O) groups is 1. The second-order valence-electron chi connectivity index (χ2n) is 7.04. The number of anilines is 1. The lowest BCUT2D eigenvalue weighted by Crippen LogP contribution is -2.36. The quantitative estimate of drug-likeness (QED) is 0.749. The van der Waals surface area contributed by atoms with Crippen molar-refractivity contribution in [2.24, 2.45) is 5.92 Å². The minimum Gasteiger partial charge on any atom is -0.352 e. The molecule has 1 heterocycles. The average molecular weight is 428 g/mol. The van der Waals surface area contributed by atoms with Gasteiger partial charge in [0.05, 0.1) is 5.56 Å². The molecule has 6 nitrogen and oxygen atoms in total. The summed E-state index contributed by atoms with van der Waals surface area (Å²) in [6, 6.07) is 5.37. The minimum atomic E-state index is -4.44. The van der Waals surface area contributed by atoms with Gasteiger partial charge in [0.1, 0.15) is 5.82 Å². The molecule has 10 heteroatoms. The molecule has 1 aliphatic rings. The van der Waals surface area contributed by atoms with Gasteiger partial charge in [0.15, 0.2) is 0 Å². The van der Waals surface area contributed by atoms with Gasteiger partial charge in [-0.15, -0.1) is 0 Å². The van der Waals surface area contributed by atoms with Gasteiger partial charge in [-0.2, -0.15) is 23.1 Å². The Morgan fingerprint density at radius 3 is 2.48 bits per heavy atom. The number of hydrogen-bond acceptors (Lipinski definition) is 5. The van der Waals surface area contributed by atoms with Crippen molar-refractivity contribution in [1.82, 2.24) is 20.3 Å². The SMILES string of the molecule is Cc1nc(Cl)nc(N[C@H]2CC[C@@H](C(=O)NCc3ccccc3C(F)(F)F)CC2)n1. The highest BCUT2D eigenvalue weighted by Gasteiger charge is 2.33. The number of carbonyl (C=O) groups excluding carboxylic acids is 1. The van der Waals surface area contributed by atoms with Crippen LogP contribution in [-0.2, 0) is 17.5 Å². The van der Waals surface area contributed by atoms with Crippen LogP contribution >= 0.6 is 11.6 Å². The summed E-state index contributed by atoms with van der Waals surface area (Å²) in [4.78, 5) is 24.6. The first kappa shape index (κ1) is 21.3. The second-order valence-corrected chi connectivity index (χ2v) is 7.38. The molecule has 1 aromatic heterocycles. The zero-order valence-corrected chi connectivity index (χ0v) is 16.5. The third kappa shape index (κ3) is 5.79. The Hall–Kier alpha value is -2.42. The summed E-state index contributed by atoms with van der Waals surface area (Å²) in [5, 5.41) is 5.97. The highest BCUT2D eigenvalue weighted by atomic mass is 35.5. The number of hydrogen-bond donors (Lipinski definition) is 2. The fourth-order valence-corrected chi connectivity index (χ4v) is 3.68. The molecule has 1 aromatic carbocycles. The molecule has 3 rings (SSSR count). The molecule has 0 bridgehead atoms. The lowest BCUT2D eigenvalue weighted by Gasteiger charge is -2.28. The van der Waals surface area contributed by atoms with E-state index < -0.39 is 11.7 Å². The molecule has 0 saturated heterocycles. The van der Waals surface area contributed by atoms with Crippen LogP contribution in [-0.4, -0.2) is 26.9 Å². The lowest BCUT2D eigenvalue weighted by molar-refractivity contribution is -0.138. The first-order chi connectivity index (χ1) is 13.7. The van der Waals surface area contributed by atoms with Gasteiger partial charge in [-0.3, -0.25) is 4.79 Å². The number of nitrogens with one attached hydrogen (secondary N) is 2. The van der Waals surface area contributed by atoms with E-state index >= 15 is 0 Å². The molecule has 0 unspecified atom stereocenters. The Morgan fingerprint density at radius 1 is 1.14 bits per heavy atom. The third-order valence-electron chi connectivity index (χ3n) is 4.93. The maximum Gasteiger partial charge on any atom is 0.416 e. The fraction of sp³-hybridized carbons (Fsp3) is 0.474. The molecule has 0 aliphatic heterocycles. The molecule has 156 valence electrons. The molecule has 0 spiro atoms. The van der Waals surface area contributed by atoms with Gasteiger partial charge in [0.25, 0.3) is 0 Å². The zero-order chi connectivity index (χ0) is 21.0. The molecule has 29 heavy (non-hydrogen) atoms. The molecule has 2 aromatic rings. The van der Waals surface area contributed by atoms with E-state index in [1.54, 1.807) is 6.92 Å². The first-order valence-corrected chi connectivity index (χ1v) is 9.67. The van der Waals surface area contributed by atoms with E-state index in [1.807, 2.05) is 0 Å². The van der Waals surface area contributed by atoms with Crippen LogP contribution in [0, 0.1) is 12.8 Å². The van der Waals surface area contributed by atoms with Crippen LogP contribution in [0.3, 0.4) is 0 Å². The molecule has 1 saturated carbocycles. The largest absolute Gasteiger partial charge is 0.416 e. The van der Waals surface area contributed by atoms with Crippen molar-refractivity contribution in [2.75, 3.05) is 5.32 Å². The first-order valence-electron chi connectivity index (χ1n) is 9.30. The number of benzene rings is 1. The molecule has 0 radical (unpaired) electrons. The van der Waals surface area contributed by atoms with Gasteiger partial charge in [0, 0.05) is 18.5 Å². The molecule has 1 fully saturated rings. The standard InChI is InChI=1S/C19H21ClF3N5O/c1-11-25-17(20)28-18(26-11)27-14-8-6-12(7-9-14)16(29)24-10-13-4-2-3-5-15(13)19(21,22)23/h2-5,12,14H,6-10H2,1H3,(H,24,29)(H,25,26,27,28)/t12-,14+. The summed E-state index contributed by atoms with van der Waals surface area (Å²) in [7, 11) is 0. The normalized spacial score (nSPS) is 19.6. The number of aryl methyl sites for hydroxylation is 1. The Labute approximate surface area is 171 Å². The van der Waals surface area contributed by atoms with Gasteiger partial charge in [-0.25, -0.2) is 4.98 Å². The summed E-state index contributed by atoms with van der Waals surface area (Å²) in [6.45, 7) is 1.58. The number of alkyl halides is 3. The van der Waals surface area contributed by atoms with Crippen molar-refractivity contribution in [2.45, 2.75) is 51.4 Å². The van der Waals surface area contributed by atoms with Gasteiger partial charge >= 0.3 is 6.18 Å². The van der Waals surface area contributed by atoms with Crippen LogP contribution in [0.25, 0.3) is 0 Å². The molecule has 1 aliphatic carbocycles. The number of nitrogens with zero attached hydrogens (tertiary/aromatic N) is 3. The molecule has 0 atom stereocenters. The Bertz CT molecular complexity index is 849. The Balaban J connectivity index is 1.51. The van der Waals surface area contributed by atoms with Crippen LogP contribution in [0.4, 0.5) is 19.1 Å². The van der Waals surface area contributed by atoms with Gasteiger partial charge in [0.2, 0.25) is 17.1 Å². The van der Waals surface area contributed by atoms with E-state index in [-0.39, 0.29) is 35.3 Å². The van der Waals surface area contributed by atoms with Crippen molar-refractivity contribution < 1.29 is 18.0 Å². The maximum absolute atomic E-state index is 13.1. The third-order valence-corrected chi connectivity index (χ3v) is 5.10. The molecular formula is C19H21ClF3N5O. The van der Waals surface area contributed by atoms with Crippen molar-refractivity contribution in [1.29, 1.82) is 0 Å². The molecular weight excluding hydrogens is 407 g/mol. The van der Waals surface area contributed by atoms with Gasteiger partial charge in [-0.05, 0) is 55.8 Å². The topological polar surface area (TPSA) is 79.8 Å². The van der Waals surface area contributed by atoms with E-state index in [1.165, 1.54) is 18.2 Å². The highest BCUT2D eigenvalue weighted by Crippen LogP contribution is 2.32. The van der Waals surface area contributed by atoms with Crippen LogP contribution in [0.2, 0.25) is 5.28 Å². The summed E-state index contributed by atoms with van der Waals surface area (Å²) in [5.41, 5.74) is -0.662. The van der Waals surface area contributed by atoms with Crippen LogP contribution < -0.4 is 10.6 Å². The van der Waals surface area contributed by atoms with Crippen molar-refractivity contribution in [3.8, 4) is 0 Å². The van der Waals surface area contributed by atoms with Crippen molar-refractivity contribution >= 4 is 23.5 Å². The second kappa shape index (κ2) is 8.94. The smallest absolute Gasteiger partial charge is 0.352 e. The summed E-state index contributed by atoms with van der Waals surface area (Å²) in [6.07, 6.45) is -1.75. The average Bonchev–Trinajstić information content (AvgIpc) is 2.65. The monoisotopic (exact) mass is 427 g/mol. The lowest BCUT2D eigenvalue weighted by atomic mass is 9.85. The molecule has 1 amide bonds. The number of halogens is 4. The minimum absolute atomic E-state index is 0.0609. The number of amides is 1. The van der Waals surface area contributed by atoms with Gasteiger partial charge in [-0.1, -0.05) is 18.2 Å². The summed E-state index contributed by atoms with van der Waals surface area (Å²) in [5.74, 6) is 0.466. The predicted molar refractivity (Wildman–Crippen MR) is 102 cm³/mol. The van der Waals surface area contributed by atoms with E-state index in [4.69, 9.17) is 11.6 Å². The summed E-state index contributed by atoms with van der Waals surface area (Å²) < 4.78 is 39.2. The Kier molecular flexibility index (Phi) is 6.56. The molecule has 2 N–H and O–H groups in total. The van der Waals surface area contributed by atoms with Crippen LogP contribution in [0.1, 0.15) is 42.6 Å². The van der Waals surface area contributed by atoms with Crippen LogP contribution in [0.5, 0.6) is 0 Å². The zero-order valence-electron chi connectivity index (χ0n) is 15.8. The van der Waals surface area contributed by atoms with E-state index in [9.17, 15) is 18.0 Å². The summed E-state index contributed by atoms with van der Waals surface area (Å²) >= 11 is 5.83.